The largest absolute Gasteiger partial charge is 0.456 e. The van der Waals surface area contributed by atoms with Gasteiger partial charge in [-0.1, -0.05) is 30.1 Å². The molecule has 8 nitrogen and oxygen atoms in total. The van der Waals surface area contributed by atoms with Crippen molar-refractivity contribution < 1.29 is 9.13 Å². The van der Waals surface area contributed by atoms with Crippen molar-refractivity contribution in [2.75, 3.05) is 7.05 Å². The molecule has 2 heterocycles. The van der Waals surface area contributed by atoms with Crippen LogP contribution in [-0.4, -0.2) is 20.7 Å². The molecule has 10 heteroatoms. The summed E-state index contributed by atoms with van der Waals surface area (Å²) in [6.45, 7) is 3.33. The topological polar surface area (TPSA) is 87.3 Å². The normalized spacial score (nSPS) is 13.3. The molecule has 2 aromatic heterocycles. The van der Waals surface area contributed by atoms with Gasteiger partial charge in [-0.15, -0.1) is 0 Å². The van der Waals surface area contributed by atoms with Crippen LogP contribution < -0.4 is 26.3 Å². The maximum Gasteiger partial charge on any atom is 0.337 e. The fraction of sp³-hybridized carbons (Fsp3) is 0.296. The molecule has 0 unspecified atom stereocenters. The second-order valence-electron chi connectivity index (χ2n) is 9.24. The van der Waals surface area contributed by atoms with Crippen LogP contribution in [0.25, 0.3) is 16.7 Å². The molecule has 0 aliphatic heterocycles. The van der Waals surface area contributed by atoms with Crippen LogP contribution >= 0.6 is 11.9 Å². The van der Waals surface area contributed by atoms with E-state index in [1.54, 1.807) is 26.0 Å². The lowest BCUT2D eigenvalue weighted by Gasteiger charge is -2.20. The SMILES string of the molecule is CNSCc1cccc(Oc2c(C)c(=O)n(C)c3c2c(=O)n(C2CC2)c(=O)n3-c2ccc(C)cc2F)c1. The summed E-state index contributed by atoms with van der Waals surface area (Å²) >= 11 is 1.52. The van der Waals surface area contributed by atoms with Gasteiger partial charge in [-0.3, -0.25) is 23.4 Å². The number of nitrogens with zero attached hydrogens (tertiary/aromatic N) is 3. The summed E-state index contributed by atoms with van der Waals surface area (Å²) in [6.07, 6.45) is 1.34. The third-order valence-electron chi connectivity index (χ3n) is 6.53. The molecular weight excluding hydrogens is 495 g/mol. The molecule has 0 radical (unpaired) electrons. The summed E-state index contributed by atoms with van der Waals surface area (Å²) in [5, 5.41) is 0.0566. The van der Waals surface area contributed by atoms with Crippen molar-refractivity contribution >= 4 is 23.0 Å². The van der Waals surface area contributed by atoms with E-state index in [1.807, 2.05) is 25.2 Å². The Hall–Kier alpha value is -3.63. The van der Waals surface area contributed by atoms with E-state index in [0.717, 1.165) is 10.1 Å². The van der Waals surface area contributed by atoms with Crippen molar-refractivity contribution in [3.8, 4) is 17.2 Å². The predicted octanol–water partition coefficient (Wildman–Crippen LogP) is 4.10. The van der Waals surface area contributed by atoms with E-state index in [4.69, 9.17) is 4.74 Å². The lowest BCUT2D eigenvalue weighted by Crippen LogP contribution is -2.41. The molecule has 1 aliphatic carbocycles. The number of aryl methyl sites for hydroxylation is 2. The zero-order chi connectivity index (χ0) is 26.4. The Morgan fingerprint density at radius 2 is 1.84 bits per heavy atom. The number of halogens is 1. The molecule has 0 bridgehead atoms. The van der Waals surface area contributed by atoms with Crippen LogP contribution in [0.5, 0.6) is 11.5 Å². The van der Waals surface area contributed by atoms with Crippen LogP contribution in [0.4, 0.5) is 4.39 Å². The lowest BCUT2D eigenvalue weighted by molar-refractivity contribution is 0.479. The molecule has 1 aliphatic rings. The summed E-state index contributed by atoms with van der Waals surface area (Å²) in [5.74, 6) is 0.570. The molecule has 4 aromatic rings. The smallest absolute Gasteiger partial charge is 0.337 e. The van der Waals surface area contributed by atoms with Crippen molar-refractivity contribution in [1.82, 2.24) is 18.4 Å². The minimum absolute atomic E-state index is 0.0119. The zero-order valence-corrected chi connectivity index (χ0v) is 21.8. The lowest BCUT2D eigenvalue weighted by atomic mass is 10.1. The summed E-state index contributed by atoms with van der Waals surface area (Å²) in [5.41, 5.74) is 0.150. The molecule has 0 saturated heterocycles. The van der Waals surface area contributed by atoms with Crippen LogP contribution in [-0.2, 0) is 12.8 Å². The molecule has 5 rings (SSSR count). The van der Waals surface area contributed by atoms with Gasteiger partial charge in [0.15, 0.2) is 5.75 Å². The van der Waals surface area contributed by atoms with E-state index in [2.05, 4.69) is 4.72 Å². The van der Waals surface area contributed by atoms with Crippen LogP contribution in [0.3, 0.4) is 0 Å². The van der Waals surface area contributed by atoms with Crippen molar-refractivity contribution in [2.24, 2.45) is 7.05 Å². The van der Waals surface area contributed by atoms with Crippen molar-refractivity contribution in [1.29, 1.82) is 0 Å². The number of rotatable bonds is 7. The minimum Gasteiger partial charge on any atom is -0.456 e. The Bertz CT molecular complexity index is 1720. The molecule has 2 aromatic carbocycles. The van der Waals surface area contributed by atoms with Gasteiger partial charge < -0.3 is 4.74 Å². The summed E-state index contributed by atoms with van der Waals surface area (Å²) < 4.78 is 28.0. The van der Waals surface area contributed by atoms with E-state index in [9.17, 15) is 14.4 Å². The molecule has 37 heavy (non-hydrogen) atoms. The predicted molar refractivity (Wildman–Crippen MR) is 144 cm³/mol. The maximum atomic E-state index is 15.2. The Labute approximate surface area is 216 Å². The molecule has 1 N–H and O–H groups in total. The van der Waals surface area contributed by atoms with Crippen LogP contribution in [0.1, 0.15) is 35.6 Å². The molecule has 0 atom stereocenters. The number of aromatic nitrogens is 3. The standard InChI is InChI=1S/C27H27FN4O4S/c1-15-8-11-21(20(28)12-15)32-24-22(26(34)31(27(32)35)18-9-10-18)23(16(2)25(33)30(24)4)36-19-7-5-6-17(13-19)14-37-29-3/h5-8,11-13,18,29H,9-10,14H2,1-4H3. The van der Waals surface area contributed by atoms with E-state index in [1.165, 1.54) is 40.3 Å². The number of benzene rings is 2. The van der Waals surface area contributed by atoms with E-state index >= 15 is 4.39 Å². The molecule has 1 saturated carbocycles. The second-order valence-corrected chi connectivity index (χ2v) is 10.2. The van der Waals surface area contributed by atoms with Gasteiger partial charge in [0.05, 0.1) is 11.3 Å². The van der Waals surface area contributed by atoms with Crippen LogP contribution in [0, 0.1) is 19.7 Å². The summed E-state index contributed by atoms with van der Waals surface area (Å²) in [6, 6.07) is 11.6. The zero-order valence-electron chi connectivity index (χ0n) is 21.0. The molecule has 0 spiro atoms. The Morgan fingerprint density at radius 3 is 2.51 bits per heavy atom. The first-order chi connectivity index (χ1) is 17.7. The summed E-state index contributed by atoms with van der Waals surface area (Å²) in [4.78, 5) is 40.8. The van der Waals surface area contributed by atoms with Gasteiger partial charge in [0.25, 0.3) is 11.1 Å². The first-order valence-electron chi connectivity index (χ1n) is 12.0. The highest BCUT2D eigenvalue weighted by molar-refractivity contribution is 7.96. The highest BCUT2D eigenvalue weighted by atomic mass is 32.2. The number of fused-ring (bicyclic) bond motifs is 1. The monoisotopic (exact) mass is 522 g/mol. The number of pyridine rings is 1. The number of hydrogen-bond acceptors (Lipinski definition) is 6. The quantitative estimate of drug-likeness (QED) is 0.368. The van der Waals surface area contributed by atoms with Gasteiger partial charge in [0.2, 0.25) is 0 Å². The summed E-state index contributed by atoms with van der Waals surface area (Å²) in [7, 11) is 3.31. The first-order valence-corrected chi connectivity index (χ1v) is 12.9. The maximum absolute atomic E-state index is 15.2. The average molecular weight is 523 g/mol. The van der Waals surface area contributed by atoms with Gasteiger partial charge in [-0.2, -0.15) is 0 Å². The molecule has 0 amide bonds. The molecule has 1 fully saturated rings. The second kappa shape index (κ2) is 9.68. The van der Waals surface area contributed by atoms with Gasteiger partial charge >= 0.3 is 5.69 Å². The van der Waals surface area contributed by atoms with Gasteiger partial charge in [0, 0.05) is 18.8 Å². The fourth-order valence-electron chi connectivity index (χ4n) is 4.53. The van der Waals surface area contributed by atoms with Gasteiger partial charge in [-0.25, -0.2) is 13.8 Å². The highest BCUT2D eigenvalue weighted by Gasteiger charge is 2.32. The van der Waals surface area contributed by atoms with E-state index < -0.39 is 22.6 Å². The third-order valence-corrected chi connectivity index (χ3v) is 7.30. The van der Waals surface area contributed by atoms with Gasteiger partial charge in [-0.05, 0) is 69.1 Å². The van der Waals surface area contributed by atoms with Crippen molar-refractivity contribution in [3.63, 3.8) is 0 Å². The van der Waals surface area contributed by atoms with Crippen molar-refractivity contribution in [2.45, 2.75) is 38.5 Å². The number of hydrogen-bond donors (Lipinski definition) is 1. The number of ether oxygens (including phenoxy) is 1. The van der Waals surface area contributed by atoms with Crippen LogP contribution in [0.15, 0.2) is 56.8 Å². The highest BCUT2D eigenvalue weighted by Crippen LogP contribution is 2.35. The number of nitrogens with one attached hydrogen (secondary N) is 1. The van der Waals surface area contributed by atoms with E-state index in [-0.39, 0.29) is 34.1 Å². The fourth-order valence-corrected chi connectivity index (χ4v) is 5.02. The van der Waals surface area contributed by atoms with E-state index in [0.29, 0.717) is 29.9 Å². The molecule has 192 valence electrons. The first kappa shape index (κ1) is 25.0. The molecular formula is C27H27FN4O4S. The Balaban J connectivity index is 1.86. The Morgan fingerprint density at radius 1 is 1.08 bits per heavy atom. The van der Waals surface area contributed by atoms with Gasteiger partial charge in [0.1, 0.15) is 22.6 Å². The van der Waals surface area contributed by atoms with Crippen molar-refractivity contribution in [3.05, 3.63) is 96.2 Å². The Kier molecular flexibility index (Phi) is 6.55. The third kappa shape index (κ3) is 4.40. The van der Waals surface area contributed by atoms with Crippen LogP contribution in [0.2, 0.25) is 0 Å². The average Bonchev–Trinajstić information content (AvgIpc) is 3.70. The minimum atomic E-state index is -0.682.